The Labute approximate surface area is 165 Å². The van der Waals surface area contributed by atoms with E-state index in [1.165, 1.54) is 17.4 Å². The number of hydrogen-bond donors (Lipinski definition) is 1. The van der Waals surface area contributed by atoms with Crippen molar-refractivity contribution in [2.75, 3.05) is 6.54 Å². The summed E-state index contributed by atoms with van der Waals surface area (Å²) in [5, 5.41) is 1.32. The molecule has 0 aliphatic carbocycles. The zero-order chi connectivity index (χ0) is 19.5. The van der Waals surface area contributed by atoms with E-state index in [1.807, 2.05) is 37.3 Å². The number of aromatic nitrogens is 3. The van der Waals surface area contributed by atoms with E-state index >= 15 is 0 Å². The van der Waals surface area contributed by atoms with Crippen LogP contribution in [0.1, 0.15) is 17.8 Å². The second kappa shape index (κ2) is 7.74. The number of hydrogen-bond acceptors (Lipinski definition) is 5. The summed E-state index contributed by atoms with van der Waals surface area (Å²) in [5.41, 5.74) is 1.34. The molecule has 1 N–H and O–H groups in total. The fraction of sp³-hybridized carbons (Fsp3) is 0.143. The van der Waals surface area contributed by atoms with E-state index in [4.69, 9.17) is 0 Å². The Balaban J connectivity index is 1.53. The van der Waals surface area contributed by atoms with E-state index in [1.54, 1.807) is 29.2 Å². The summed E-state index contributed by atoms with van der Waals surface area (Å²) in [7, 11) is 0. The van der Waals surface area contributed by atoms with Crippen molar-refractivity contribution in [2.24, 2.45) is 0 Å². The third-order valence-electron chi connectivity index (χ3n) is 4.37. The molecule has 0 aliphatic heterocycles. The van der Waals surface area contributed by atoms with E-state index in [0.29, 0.717) is 23.3 Å². The Bertz CT molecular complexity index is 1210. The molecular weight excluding hydrogens is 372 g/mol. The summed E-state index contributed by atoms with van der Waals surface area (Å²) in [4.78, 5) is 38.2. The number of nitrogens with zero attached hydrogens (tertiary/aromatic N) is 3. The molecule has 0 bridgehead atoms. The zero-order valence-corrected chi connectivity index (χ0v) is 16.1. The highest BCUT2D eigenvalue weighted by Crippen LogP contribution is 2.22. The van der Waals surface area contributed by atoms with Crippen LogP contribution in [0, 0.1) is 0 Å². The van der Waals surface area contributed by atoms with Crippen LogP contribution in [-0.2, 0) is 11.3 Å². The number of likely N-dealkylation sites (N-methyl/N-ethyl adjacent to an activating group) is 1. The van der Waals surface area contributed by atoms with Gasteiger partial charge in [0.2, 0.25) is 5.91 Å². The fourth-order valence-corrected chi connectivity index (χ4v) is 3.82. The van der Waals surface area contributed by atoms with Crippen molar-refractivity contribution in [1.82, 2.24) is 19.9 Å². The quantitative estimate of drug-likeness (QED) is 0.528. The normalized spacial score (nSPS) is 11.5. The standard InChI is InChI=1S/C21H18N4O2S/c1-2-25(13-18-22-15-8-4-3-7-14(15)21(27)24-18)20(26)12-11-19-23-16-9-5-6-10-17(16)28-19/h3-12H,2,13H2,1H3,(H,22,24,27). The number of fused-ring (bicyclic) bond motifs is 2. The first-order valence-corrected chi connectivity index (χ1v) is 9.76. The van der Waals surface area contributed by atoms with Crippen LogP contribution in [0.4, 0.5) is 0 Å². The van der Waals surface area contributed by atoms with E-state index < -0.39 is 0 Å². The molecule has 0 saturated heterocycles. The molecule has 4 rings (SSSR count). The minimum atomic E-state index is -0.200. The average Bonchev–Trinajstić information content (AvgIpc) is 3.13. The number of amides is 1. The van der Waals surface area contributed by atoms with Gasteiger partial charge in [0.1, 0.15) is 10.8 Å². The van der Waals surface area contributed by atoms with Gasteiger partial charge in [-0.25, -0.2) is 9.97 Å². The maximum Gasteiger partial charge on any atom is 0.258 e. The Kier molecular flexibility index (Phi) is 4.99. The van der Waals surface area contributed by atoms with Crippen LogP contribution in [0.2, 0.25) is 0 Å². The number of para-hydroxylation sites is 2. The maximum atomic E-state index is 12.6. The van der Waals surface area contributed by atoms with Crippen LogP contribution in [0.3, 0.4) is 0 Å². The number of carbonyl (C=O) groups excluding carboxylic acids is 1. The summed E-state index contributed by atoms with van der Waals surface area (Å²) in [5.74, 6) is 0.310. The van der Waals surface area contributed by atoms with Gasteiger partial charge in [0.25, 0.3) is 5.56 Å². The lowest BCUT2D eigenvalue weighted by molar-refractivity contribution is -0.126. The second-order valence-electron chi connectivity index (χ2n) is 6.24. The number of carbonyl (C=O) groups is 1. The molecule has 4 aromatic rings. The number of benzene rings is 2. The number of thiazole rings is 1. The largest absolute Gasteiger partial charge is 0.332 e. The van der Waals surface area contributed by atoms with Crippen molar-refractivity contribution in [3.8, 4) is 0 Å². The topological polar surface area (TPSA) is 79.0 Å². The lowest BCUT2D eigenvalue weighted by atomic mass is 10.2. The predicted octanol–water partition coefficient (Wildman–Crippen LogP) is 3.59. The SMILES string of the molecule is CCN(Cc1nc2ccccc2c(=O)[nH]1)C(=O)C=Cc1nc2ccccc2s1. The van der Waals surface area contributed by atoms with Gasteiger partial charge in [-0.1, -0.05) is 24.3 Å². The first-order chi connectivity index (χ1) is 13.6. The summed E-state index contributed by atoms with van der Waals surface area (Å²) < 4.78 is 1.08. The molecule has 0 fully saturated rings. The van der Waals surface area contributed by atoms with Crippen molar-refractivity contribution in [1.29, 1.82) is 0 Å². The fourth-order valence-electron chi connectivity index (χ4n) is 2.95. The molecule has 140 valence electrons. The molecule has 0 aliphatic rings. The molecule has 7 heteroatoms. The molecule has 0 saturated carbocycles. The molecule has 28 heavy (non-hydrogen) atoms. The van der Waals surface area contributed by atoms with Crippen molar-refractivity contribution in [3.63, 3.8) is 0 Å². The number of H-pyrrole nitrogens is 1. The van der Waals surface area contributed by atoms with Gasteiger partial charge in [0.15, 0.2) is 0 Å². The van der Waals surface area contributed by atoms with E-state index in [-0.39, 0.29) is 18.0 Å². The van der Waals surface area contributed by atoms with Crippen LogP contribution < -0.4 is 5.56 Å². The van der Waals surface area contributed by atoms with Crippen LogP contribution in [0.25, 0.3) is 27.2 Å². The smallest absolute Gasteiger partial charge is 0.258 e. The Hall–Kier alpha value is -3.32. The highest BCUT2D eigenvalue weighted by Gasteiger charge is 2.12. The molecule has 2 heterocycles. The molecule has 2 aromatic heterocycles. The molecule has 6 nitrogen and oxygen atoms in total. The Morgan fingerprint density at radius 3 is 2.64 bits per heavy atom. The summed E-state index contributed by atoms with van der Waals surface area (Å²) >= 11 is 1.54. The Morgan fingerprint density at radius 2 is 1.86 bits per heavy atom. The van der Waals surface area contributed by atoms with Gasteiger partial charge in [-0.15, -0.1) is 11.3 Å². The van der Waals surface area contributed by atoms with Crippen LogP contribution >= 0.6 is 11.3 Å². The molecule has 0 unspecified atom stereocenters. The number of nitrogens with one attached hydrogen (secondary N) is 1. The predicted molar refractivity (Wildman–Crippen MR) is 112 cm³/mol. The van der Waals surface area contributed by atoms with Gasteiger partial charge >= 0.3 is 0 Å². The summed E-state index contributed by atoms with van der Waals surface area (Å²) in [6, 6.07) is 15.0. The molecule has 1 amide bonds. The highest BCUT2D eigenvalue weighted by atomic mass is 32.1. The summed E-state index contributed by atoms with van der Waals surface area (Å²) in [6.07, 6.45) is 3.24. The van der Waals surface area contributed by atoms with E-state index in [9.17, 15) is 9.59 Å². The monoisotopic (exact) mass is 390 g/mol. The third kappa shape index (κ3) is 3.70. The minimum absolute atomic E-state index is 0.155. The number of rotatable bonds is 5. The maximum absolute atomic E-state index is 12.6. The first kappa shape index (κ1) is 18.1. The van der Waals surface area contributed by atoms with Gasteiger partial charge < -0.3 is 9.88 Å². The molecule has 2 aromatic carbocycles. The van der Waals surface area contributed by atoms with Gasteiger partial charge in [-0.3, -0.25) is 9.59 Å². The minimum Gasteiger partial charge on any atom is -0.332 e. The van der Waals surface area contributed by atoms with Gasteiger partial charge in [-0.2, -0.15) is 0 Å². The van der Waals surface area contributed by atoms with Crippen molar-refractivity contribution >= 4 is 44.4 Å². The number of aromatic amines is 1. The zero-order valence-electron chi connectivity index (χ0n) is 15.3. The van der Waals surface area contributed by atoms with Crippen molar-refractivity contribution in [3.05, 3.63) is 75.8 Å². The van der Waals surface area contributed by atoms with Gasteiger partial charge in [0.05, 0.1) is 27.7 Å². The third-order valence-corrected chi connectivity index (χ3v) is 5.38. The van der Waals surface area contributed by atoms with Crippen LogP contribution in [-0.4, -0.2) is 32.3 Å². The molecular formula is C21H18N4O2S. The van der Waals surface area contributed by atoms with Crippen molar-refractivity contribution < 1.29 is 4.79 Å². The highest BCUT2D eigenvalue weighted by molar-refractivity contribution is 7.19. The first-order valence-electron chi connectivity index (χ1n) is 8.94. The molecule has 0 radical (unpaired) electrons. The lowest BCUT2D eigenvalue weighted by Crippen LogP contribution is -2.30. The van der Waals surface area contributed by atoms with Gasteiger partial charge in [0, 0.05) is 12.6 Å². The average molecular weight is 390 g/mol. The van der Waals surface area contributed by atoms with E-state index in [2.05, 4.69) is 15.0 Å². The molecule has 0 spiro atoms. The van der Waals surface area contributed by atoms with Crippen LogP contribution in [0.15, 0.2) is 59.4 Å². The van der Waals surface area contributed by atoms with Crippen LogP contribution in [0.5, 0.6) is 0 Å². The Morgan fingerprint density at radius 1 is 1.11 bits per heavy atom. The molecule has 0 atom stereocenters. The van der Waals surface area contributed by atoms with Crippen molar-refractivity contribution in [2.45, 2.75) is 13.5 Å². The lowest BCUT2D eigenvalue weighted by Gasteiger charge is -2.18. The van der Waals surface area contributed by atoms with E-state index in [0.717, 1.165) is 15.2 Å². The second-order valence-corrected chi connectivity index (χ2v) is 7.30. The van der Waals surface area contributed by atoms with Gasteiger partial charge in [-0.05, 0) is 37.3 Å². The summed E-state index contributed by atoms with van der Waals surface area (Å²) in [6.45, 7) is 2.63.